The first-order valence-corrected chi connectivity index (χ1v) is 3.86. The fourth-order valence-corrected chi connectivity index (χ4v) is 1.08. The van der Waals surface area contributed by atoms with E-state index in [1.165, 1.54) is 0 Å². The standard InChI is InChI=1S/C7H14N4O/c1-11-7(3-4-12-2)6(5-8)9-10-11/h3-5,8H2,1-2H3. The molecule has 0 bridgehead atoms. The van der Waals surface area contributed by atoms with E-state index < -0.39 is 0 Å². The lowest BCUT2D eigenvalue weighted by Crippen LogP contribution is -2.07. The molecule has 0 aliphatic carbocycles. The van der Waals surface area contributed by atoms with Crippen LogP contribution in [0.1, 0.15) is 11.4 Å². The summed E-state index contributed by atoms with van der Waals surface area (Å²) in [6, 6.07) is 0. The van der Waals surface area contributed by atoms with Crippen molar-refractivity contribution in [3.63, 3.8) is 0 Å². The van der Waals surface area contributed by atoms with Crippen molar-refractivity contribution in [2.75, 3.05) is 13.7 Å². The molecule has 0 aliphatic rings. The summed E-state index contributed by atoms with van der Waals surface area (Å²) in [4.78, 5) is 0. The van der Waals surface area contributed by atoms with Crippen molar-refractivity contribution in [3.05, 3.63) is 11.4 Å². The van der Waals surface area contributed by atoms with Crippen LogP contribution in [0.2, 0.25) is 0 Å². The van der Waals surface area contributed by atoms with Crippen molar-refractivity contribution in [3.8, 4) is 0 Å². The minimum Gasteiger partial charge on any atom is -0.384 e. The molecule has 0 saturated heterocycles. The summed E-state index contributed by atoms with van der Waals surface area (Å²) in [6.07, 6.45) is 0.812. The zero-order valence-electron chi connectivity index (χ0n) is 7.45. The number of nitrogens with zero attached hydrogens (tertiary/aromatic N) is 3. The van der Waals surface area contributed by atoms with Crippen molar-refractivity contribution < 1.29 is 4.74 Å². The first-order valence-electron chi connectivity index (χ1n) is 3.86. The fourth-order valence-electron chi connectivity index (χ4n) is 1.08. The highest BCUT2D eigenvalue weighted by atomic mass is 16.5. The lowest BCUT2D eigenvalue weighted by Gasteiger charge is -2.01. The van der Waals surface area contributed by atoms with Crippen molar-refractivity contribution in [1.29, 1.82) is 0 Å². The van der Waals surface area contributed by atoms with E-state index in [-0.39, 0.29) is 0 Å². The van der Waals surface area contributed by atoms with E-state index in [0.717, 1.165) is 17.8 Å². The molecule has 0 amide bonds. The predicted octanol–water partition coefficient (Wildman–Crippen LogP) is -0.537. The van der Waals surface area contributed by atoms with Crippen LogP contribution in [0.3, 0.4) is 0 Å². The summed E-state index contributed by atoms with van der Waals surface area (Å²) in [5.74, 6) is 0. The average Bonchev–Trinajstić information content (AvgIpc) is 2.43. The van der Waals surface area contributed by atoms with Gasteiger partial charge >= 0.3 is 0 Å². The van der Waals surface area contributed by atoms with E-state index in [1.807, 2.05) is 7.05 Å². The van der Waals surface area contributed by atoms with Crippen LogP contribution in [0.15, 0.2) is 0 Å². The number of rotatable bonds is 4. The van der Waals surface area contributed by atoms with Crippen LogP contribution in [-0.2, 0) is 24.8 Å². The maximum atomic E-state index is 5.48. The van der Waals surface area contributed by atoms with Gasteiger partial charge in [0, 0.05) is 27.1 Å². The van der Waals surface area contributed by atoms with Crippen molar-refractivity contribution in [2.45, 2.75) is 13.0 Å². The van der Waals surface area contributed by atoms with E-state index >= 15 is 0 Å². The highest BCUT2D eigenvalue weighted by Crippen LogP contribution is 2.03. The number of methoxy groups -OCH3 is 1. The van der Waals surface area contributed by atoms with Crippen molar-refractivity contribution in [1.82, 2.24) is 15.0 Å². The molecule has 1 rings (SSSR count). The topological polar surface area (TPSA) is 66.0 Å². The third-order valence-corrected chi connectivity index (χ3v) is 1.76. The molecule has 5 heteroatoms. The van der Waals surface area contributed by atoms with Gasteiger partial charge in [0.25, 0.3) is 0 Å². The number of aryl methyl sites for hydroxylation is 1. The molecule has 0 unspecified atom stereocenters. The van der Waals surface area contributed by atoms with Crippen LogP contribution in [0.25, 0.3) is 0 Å². The van der Waals surface area contributed by atoms with Gasteiger partial charge in [-0.2, -0.15) is 0 Å². The summed E-state index contributed by atoms with van der Waals surface area (Å²) in [6.45, 7) is 1.11. The zero-order valence-corrected chi connectivity index (χ0v) is 7.45. The van der Waals surface area contributed by atoms with Crippen LogP contribution in [0.5, 0.6) is 0 Å². The fraction of sp³-hybridized carbons (Fsp3) is 0.714. The molecular weight excluding hydrogens is 156 g/mol. The van der Waals surface area contributed by atoms with Gasteiger partial charge in [-0.15, -0.1) is 5.10 Å². The van der Waals surface area contributed by atoms with Gasteiger partial charge < -0.3 is 10.5 Å². The maximum Gasteiger partial charge on any atom is 0.0995 e. The molecule has 0 aromatic carbocycles. The third kappa shape index (κ3) is 1.80. The monoisotopic (exact) mass is 170 g/mol. The van der Waals surface area contributed by atoms with Crippen LogP contribution in [-0.4, -0.2) is 28.7 Å². The van der Waals surface area contributed by atoms with Gasteiger partial charge in [-0.3, -0.25) is 4.68 Å². The summed E-state index contributed by atoms with van der Waals surface area (Å²) in [5.41, 5.74) is 7.39. The molecule has 1 aromatic rings. The Morgan fingerprint density at radius 3 is 2.92 bits per heavy atom. The Bertz CT molecular complexity index is 246. The number of hydrogen-bond donors (Lipinski definition) is 1. The Balaban J connectivity index is 2.72. The van der Waals surface area contributed by atoms with E-state index in [9.17, 15) is 0 Å². The minimum atomic E-state index is 0.437. The molecule has 0 saturated carbocycles. The molecule has 2 N–H and O–H groups in total. The number of aromatic nitrogens is 3. The van der Waals surface area contributed by atoms with Crippen LogP contribution >= 0.6 is 0 Å². The van der Waals surface area contributed by atoms with Crippen LogP contribution in [0.4, 0.5) is 0 Å². The Labute approximate surface area is 71.5 Å². The minimum absolute atomic E-state index is 0.437. The summed E-state index contributed by atoms with van der Waals surface area (Å²) in [5, 5.41) is 7.79. The molecule has 5 nitrogen and oxygen atoms in total. The van der Waals surface area contributed by atoms with Crippen LogP contribution in [0, 0.1) is 0 Å². The van der Waals surface area contributed by atoms with Gasteiger partial charge in [0.1, 0.15) is 0 Å². The maximum absolute atomic E-state index is 5.48. The first kappa shape index (κ1) is 9.15. The molecule has 0 radical (unpaired) electrons. The van der Waals surface area contributed by atoms with Gasteiger partial charge in [0.2, 0.25) is 0 Å². The number of ether oxygens (including phenoxy) is 1. The van der Waals surface area contributed by atoms with Gasteiger partial charge in [-0.05, 0) is 0 Å². The van der Waals surface area contributed by atoms with E-state index in [1.54, 1.807) is 11.8 Å². The Kier molecular flexibility index (Phi) is 3.19. The molecule has 68 valence electrons. The highest BCUT2D eigenvalue weighted by Gasteiger charge is 2.07. The quantitative estimate of drug-likeness (QED) is 0.659. The molecule has 1 heterocycles. The summed E-state index contributed by atoms with van der Waals surface area (Å²) < 4.78 is 6.70. The largest absolute Gasteiger partial charge is 0.384 e. The Morgan fingerprint density at radius 2 is 2.33 bits per heavy atom. The van der Waals surface area contributed by atoms with Gasteiger partial charge in [0.15, 0.2) is 0 Å². The van der Waals surface area contributed by atoms with Crippen molar-refractivity contribution in [2.24, 2.45) is 12.8 Å². The average molecular weight is 170 g/mol. The normalized spacial score (nSPS) is 10.6. The summed E-state index contributed by atoms with van der Waals surface area (Å²) in [7, 11) is 3.53. The lowest BCUT2D eigenvalue weighted by molar-refractivity contribution is 0.200. The van der Waals surface area contributed by atoms with E-state index in [4.69, 9.17) is 10.5 Å². The first-order chi connectivity index (χ1) is 5.79. The van der Waals surface area contributed by atoms with Crippen LogP contribution < -0.4 is 5.73 Å². The molecule has 0 aliphatic heterocycles. The number of nitrogens with two attached hydrogens (primary N) is 1. The van der Waals surface area contributed by atoms with Gasteiger partial charge in [0.05, 0.1) is 18.0 Å². The third-order valence-electron chi connectivity index (χ3n) is 1.76. The number of hydrogen-bond acceptors (Lipinski definition) is 4. The molecule has 0 fully saturated rings. The zero-order chi connectivity index (χ0) is 8.97. The molecule has 1 aromatic heterocycles. The second-order valence-corrected chi connectivity index (χ2v) is 2.55. The molecular formula is C7H14N4O. The van der Waals surface area contributed by atoms with E-state index in [0.29, 0.717) is 13.2 Å². The van der Waals surface area contributed by atoms with E-state index in [2.05, 4.69) is 10.3 Å². The molecule has 12 heavy (non-hydrogen) atoms. The van der Waals surface area contributed by atoms with Crippen molar-refractivity contribution >= 4 is 0 Å². The molecule has 0 spiro atoms. The predicted molar refractivity (Wildman–Crippen MR) is 44.5 cm³/mol. The second-order valence-electron chi connectivity index (χ2n) is 2.55. The van der Waals surface area contributed by atoms with Gasteiger partial charge in [-0.1, -0.05) is 5.21 Å². The Morgan fingerprint density at radius 1 is 1.58 bits per heavy atom. The highest BCUT2D eigenvalue weighted by molar-refractivity contribution is 5.09. The lowest BCUT2D eigenvalue weighted by atomic mass is 10.2. The SMILES string of the molecule is COCCc1c(CN)nnn1C. The molecule has 0 atom stereocenters. The second kappa shape index (κ2) is 4.18. The smallest absolute Gasteiger partial charge is 0.0995 e. The Hall–Kier alpha value is -0.940. The summed E-state index contributed by atoms with van der Waals surface area (Å²) >= 11 is 0. The van der Waals surface area contributed by atoms with Gasteiger partial charge in [-0.25, -0.2) is 0 Å².